The van der Waals surface area contributed by atoms with Gasteiger partial charge in [0.05, 0.1) is 67.6 Å². The molecule has 0 bridgehead atoms. The van der Waals surface area contributed by atoms with E-state index in [0.29, 0.717) is 5.69 Å². The van der Waals surface area contributed by atoms with Gasteiger partial charge in [-0.15, -0.1) is 0 Å². The second-order valence-electron chi connectivity index (χ2n) is 11.8. The third-order valence-electron chi connectivity index (χ3n) is 9.16. The maximum atomic E-state index is 9.76. The molecule has 3 aromatic heterocycles. The highest BCUT2D eigenvalue weighted by atomic mass is 15.0. The van der Waals surface area contributed by atoms with Gasteiger partial charge in [0.1, 0.15) is 0 Å². The normalized spacial score (nSPS) is 17.7. The summed E-state index contributed by atoms with van der Waals surface area (Å²) in [6, 6.07) is 2.52. The van der Waals surface area contributed by atoms with Crippen molar-refractivity contribution < 1.29 is 28.8 Å². The molecule has 0 atom stereocenters. The maximum absolute atomic E-state index is 9.76. The minimum Gasteiger partial charge on any atom is -0.309 e. The van der Waals surface area contributed by atoms with Crippen molar-refractivity contribution in [2.45, 2.75) is 0 Å². The third kappa shape index (κ3) is 4.06. The number of nitrogens with zero attached hydrogens (tertiary/aromatic N) is 3. The van der Waals surface area contributed by atoms with E-state index in [1.54, 1.807) is 24.3 Å². The lowest BCUT2D eigenvalue weighted by Crippen LogP contribution is -1.97. The number of hydrogen-bond acceptors (Lipinski definition) is 0. The number of rotatable bonds is 4. The summed E-state index contributed by atoms with van der Waals surface area (Å²) in [5, 5.41) is -1.74. The fraction of sp³-hybridized carbons (Fsp3) is 0. The van der Waals surface area contributed by atoms with Gasteiger partial charge in [0.25, 0.3) is 0 Å². The van der Waals surface area contributed by atoms with E-state index in [1.165, 1.54) is 10.6 Å². The van der Waals surface area contributed by atoms with Gasteiger partial charge in [0.2, 0.25) is 0 Å². The SMILES string of the molecule is [2H]c1c([2H])c([2H])c2c(c1[2H])c1cc(-n3c4c([2H])c([2H])c([2H])c([2H])c4c4c(-n5c6c([2H])c([2H])c([2H])c([2H])c6c6c([2H])c([2H])c([2H])c([2H])c65)c([2H])c([2H])c([2H])c43)c([2H])c([2H])c1n2-c1ccc(-c2ccccc2)cc1. The van der Waals surface area contributed by atoms with Gasteiger partial charge in [-0.05, 0) is 77.7 Å². The molecule has 0 aliphatic rings. The molecule has 0 aliphatic carbocycles. The summed E-state index contributed by atoms with van der Waals surface area (Å²) >= 11 is 0. The van der Waals surface area contributed by atoms with Crippen molar-refractivity contribution in [3.05, 3.63) is 188 Å². The quantitative estimate of drug-likeness (QED) is 0.177. The molecule has 0 unspecified atom stereocenters. The first kappa shape index (κ1) is 14.6. The minimum atomic E-state index is -0.878. The fourth-order valence-corrected chi connectivity index (χ4v) is 7.00. The number of fused-ring (bicyclic) bond motifs is 9. The summed E-state index contributed by atoms with van der Waals surface area (Å²) < 4.78 is 194. The summed E-state index contributed by atoms with van der Waals surface area (Å²) in [6.07, 6.45) is 0. The van der Waals surface area contributed by atoms with Gasteiger partial charge < -0.3 is 13.7 Å². The molecule has 0 radical (unpaired) electrons. The van der Waals surface area contributed by atoms with E-state index in [1.807, 2.05) is 30.3 Å². The van der Waals surface area contributed by atoms with Crippen molar-refractivity contribution in [3.63, 3.8) is 0 Å². The summed E-state index contributed by atoms with van der Waals surface area (Å²) in [5.41, 5.74) is -0.882. The lowest BCUT2D eigenvalue weighted by atomic mass is 10.1. The molecule has 0 fully saturated rings. The van der Waals surface area contributed by atoms with E-state index in [0.717, 1.165) is 20.3 Å². The van der Waals surface area contributed by atoms with Gasteiger partial charge in [0.15, 0.2) is 0 Å². The average molecular weight is 671 g/mol. The molecule has 3 heteroatoms. The molecule has 238 valence electrons. The lowest BCUT2D eigenvalue weighted by Gasteiger charge is -2.12. The first-order chi connectivity index (χ1) is 34.1. The predicted molar refractivity (Wildman–Crippen MR) is 215 cm³/mol. The van der Waals surface area contributed by atoms with E-state index in [2.05, 4.69) is 0 Å². The molecular formula is C48H31N3. The number of para-hydroxylation sites is 4. The molecule has 0 N–H and O–H groups in total. The van der Waals surface area contributed by atoms with E-state index < -0.39 is 176 Å². The van der Waals surface area contributed by atoms with E-state index in [4.69, 9.17) is 15.1 Å². The van der Waals surface area contributed by atoms with Crippen molar-refractivity contribution in [1.29, 1.82) is 0 Å². The summed E-state index contributed by atoms with van der Waals surface area (Å²) in [4.78, 5) is 0. The fourth-order valence-electron chi connectivity index (χ4n) is 7.00. The van der Waals surface area contributed by atoms with Crippen LogP contribution in [0.2, 0.25) is 0 Å². The van der Waals surface area contributed by atoms with Gasteiger partial charge in [-0.1, -0.05) is 121 Å². The number of hydrogen-bond donors (Lipinski definition) is 0. The molecule has 0 saturated heterocycles. The van der Waals surface area contributed by atoms with Gasteiger partial charge >= 0.3 is 0 Å². The zero-order chi connectivity index (χ0) is 51.7. The molecule has 11 aromatic rings. The van der Waals surface area contributed by atoms with Crippen molar-refractivity contribution in [3.8, 4) is 28.2 Å². The first-order valence-corrected chi connectivity index (χ1v) is 15.8. The largest absolute Gasteiger partial charge is 0.309 e. The van der Waals surface area contributed by atoms with Crippen LogP contribution in [0.25, 0.3) is 93.6 Å². The Morgan fingerprint density at radius 3 is 1.49 bits per heavy atom. The molecule has 0 saturated carbocycles. The zero-order valence-electron chi connectivity index (χ0n) is 47.1. The Morgan fingerprint density at radius 1 is 0.333 bits per heavy atom. The molecule has 0 spiro atoms. The topological polar surface area (TPSA) is 14.8 Å². The predicted octanol–water partition coefficient (Wildman–Crippen LogP) is 12.6. The number of benzene rings is 8. The van der Waals surface area contributed by atoms with Crippen molar-refractivity contribution >= 4 is 65.4 Å². The monoisotopic (exact) mass is 670 g/mol. The van der Waals surface area contributed by atoms with Gasteiger partial charge in [-0.2, -0.15) is 0 Å². The standard InChI is InChI=1S/C48H31N3/c1-2-13-32(14-3-1)33-25-27-34(28-26-33)49-41-19-8-6-17-38(41)40-31-35(29-30-45(40)49)50-44-22-11-7-18-39(44)48-46(50)23-12-24-47(48)51-42-20-9-4-15-36(42)37-16-5-10-21-43(37)51/h1-31H/i4D,5D,6D,7D,8D,9D,10D,11D,12D,15D,16D,17D,18D,19D,20D,21D,22D,23D,24D,29D,30D. The van der Waals surface area contributed by atoms with Crippen LogP contribution >= 0.6 is 0 Å². The third-order valence-corrected chi connectivity index (χ3v) is 9.16. The van der Waals surface area contributed by atoms with Crippen molar-refractivity contribution in [2.24, 2.45) is 0 Å². The molecule has 3 nitrogen and oxygen atoms in total. The molecule has 0 amide bonds. The van der Waals surface area contributed by atoms with Crippen LogP contribution in [-0.4, -0.2) is 13.7 Å². The Kier molecular flexibility index (Phi) is 3.09. The van der Waals surface area contributed by atoms with Crippen LogP contribution in [0.5, 0.6) is 0 Å². The highest BCUT2D eigenvalue weighted by Gasteiger charge is 2.20. The maximum Gasteiger partial charge on any atom is 0.0646 e. The van der Waals surface area contributed by atoms with Gasteiger partial charge in [-0.25, -0.2) is 0 Å². The molecule has 8 aromatic carbocycles. The molecule has 11 rings (SSSR count). The summed E-state index contributed by atoms with van der Waals surface area (Å²) in [6.45, 7) is 0. The number of aromatic nitrogens is 3. The molecule has 0 aliphatic heterocycles. The van der Waals surface area contributed by atoms with Crippen LogP contribution < -0.4 is 0 Å². The highest BCUT2D eigenvalue weighted by Crippen LogP contribution is 2.41. The molecule has 3 heterocycles. The molecular weight excluding hydrogens is 619 g/mol. The highest BCUT2D eigenvalue weighted by molar-refractivity contribution is 6.17. The van der Waals surface area contributed by atoms with Crippen LogP contribution in [0.1, 0.15) is 28.8 Å². The van der Waals surface area contributed by atoms with Crippen molar-refractivity contribution in [1.82, 2.24) is 13.7 Å². The Bertz CT molecular complexity index is 4250. The van der Waals surface area contributed by atoms with Gasteiger partial charge in [-0.3, -0.25) is 0 Å². The zero-order valence-corrected chi connectivity index (χ0v) is 26.1. The second kappa shape index (κ2) is 10.8. The summed E-state index contributed by atoms with van der Waals surface area (Å²) in [5.74, 6) is 0. The van der Waals surface area contributed by atoms with Crippen LogP contribution in [0, 0.1) is 0 Å². The average Bonchev–Trinajstić information content (AvgIpc) is 4.04. The Morgan fingerprint density at radius 2 is 0.824 bits per heavy atom. The van der Waals surface area contributed by atoms with Crippen molar-refractivity contribution in [2.75, 3.05) is 0 Å². The minimum absolute atomic E-state index is 0.0136. The Hall–Kier alpha value is -6.84. The van der Waals surface area contributed by atoms with Crippen LogP contribution in [0.3, 0.4) is 0 Å². The smallest absolute Gasteiger partial charge is 0.0646 e. The Balaban J connectivity index is 1.37. The first-order valence-electron chi connectivity index (χ1n) is 26.3. The van der Waals surface area contributed by atoms with E-state index >= 15 is 0 Å². The summed E-state index contributed by atoms with van der Waals surface area (Å²) in [7, 11) is 0. The van der Waals surface area contributed by atoms with Crippen LogP contribution in [0.4, 0.5) is 0 Å². The van der Waals surface area contributed by atoms with Crippen LogP contribution in [-0.2, 0) is 0 Å². The lowest BCUT2D eigenvalue weighted by molar-refractivity contribution is 1.16. The second-order valence-corrected chi connectivity index (χ2v) is 11.8. The van der Waals surface area contributed by atoms with Crippen LogP contribution in [0.15, 0.2) is 188 Å². The molecule has 51 heavy (non-hydrogen) atoms. The Labute approximate surface area is 324 Å². The van der Waals surface area contributed by atoms with E-state index in [9.17, 15) is 13.7 Å². The van der Waals surface area contributed by atoms with Gasteiger partial charge in [0, 0.05) is 43.7 Å². The van der Waals surface area contributed by atoms with E-state index in [-0.39, 0.29) is 27.5 Å².